The smallest absolute Gasteiger partial charge is 0.262 e. The third kappa shape index (κ3) is 3.70. The molecule has 0 saturated carbocycles. The van der Waals surface area contributed by atoms with Crippen LogP contribution in [0.1, 0.15) is 10.4 Å². The highest BCUT2D eigenvalue weighted by atomic mass is 32.1. The molecule has 0 aliphatic heterocycles. The normalized spacial score (nSPS) is 10.5. The number of benzene rings is 1. The average molecular weight is 368 g/mol. The first-order valence-electron chi connectivity index (χ1n) is 7.81. The van der Waals surface area contributed by atoms with Crippen molar-refractivity contribution in [3.05, 3.63) is 70.6 Å². The Bertz CT molecular complexity index is 1040. The lowest BCUT2D eigenvalue weighted by molar-refractivity contribution is -0.116. The Morgan fingerprint density at radius 2 is 2.08 bits per heavy atom. The Morgan fingerprint density at radius 1 is 1.27 bits per heavy atom. The number of carbonyl (C=O) groups excluding carboxylic acids is 2. The van der Waals surface area contributed by atoms with E-state index in [1.165, 1.54) is 22.2 Å². The molecule has 0 saturated heterocycles. The number of hydrogen-bond donors (Lipinski definition) is 2. The number of rotatable bonds is 6. The summed E-state index contributed by atoms with van der Waals surface area (Å²) in [4.78, 5) is 41.7. The second-order valence-corrected chi connectivity index (χ2v) is 6.30. The largest absolute Gasteiger partial charge is 0.349 e. The first kappa shape index (κ1) is 17.6. The Balaban J connectivity index is 1.77. The van der Waals surface area contributed by atoms with Crippen molar-refractivity contribution in [1.82, 2.24) is 14.9 Å². The fraction of sp³-hybridized carbons (Fsp3) is 0.111. The van der Waals surface area contributed by atoms with E-state index in [1.807, 2.05) is 0 Å². The van der Waals surface area contributed by atoms with Gasteiger partial charge in [0.25, 0.3) is 11.5 Å². The van der Waals surface area contributed by atoms with Crippen LogP contribution in [0.15, 0.2) is 59.5 Å². The van der Waals surface area contributed by atoms with Crippen LogP contribution in [0.3, 0.4) is 0 Å². The maximum Gasteiger partial charge on any atom is 0.262 e. The molecular weight excluding hydrogens is 352 g/mol. The van der Waals surface area contributed by atoms with Gasteiger partial charge in [-0.05, 0) is 23.6 Å². The van der Waals surface area contributed by atoms with Crippen molar-refractivity contribution in [2.24, 2.45) is 0 Å². The number of aromatic nitrogens is 2. The van der Waals surface area contributed by atoms with Crippen LogP contribution in [0.4, 0.5) is 5.69 Å². The van der Waals surface area contributed by atoms with Crippen LogP contribution in [-0.4, -0.2) is 27.9 Å². The fourth-order valence-electron chi connectivity index (χ4n) is 2.40. The third-order valence-corrected chi connectivity index (χ3v) is 4.44. The number of carbonyl (C=O) groups is 2. The highest BCUT2D eigenvalue weighted by Gasteiger charge is 2.14. The van der Waals surface area contributed by atoms with Crippen LogP contribution >= 0.6 is 11.3 Å². The molecule has 1 aromatic carbocycles. The third-order valence-electron chi connectivity index (χ3n) is 3.62. The van der Waals surface area contributed by atoms with Gasteiger partial charge in [0, 0.05) is 6.54 Å². The number of fused-ring (bicyclic) bond motifs is 1. The molecule has 3 rings (SSSR count). The molecule has 0 atom stereocenters. The standard InChI is InChI=1S/C18H16N4O3S/c1-2-8-19-16(24)12-5-3-4-6-14(12)21-15(23)10-22-11-20-17-13(18(22)25)7-9-26-17/h2-7,9,11H,1,8,10H2,(H,19,24)(H,21,23). The van der Waals surface area contributed by atoms with Crippen molar-refractivity contribution in [3.8, 4) is 0 Å². The topological polar surface area (TPSA) is 93.1 Å². The van der Waals surface area contributed by atoms with Crippen molar-refractivity contribution < 1.29 is 9.59 Å². The second-order valence-electron chi connectivity index (χ2n) is 5.41. The lowest BCUT2D eigenvalue weighted by atomic mass is 10.1. The van der Waals surface area contributed by atoms with Crippen LogP contribution in [0, 0.1) is 0 Å². The molecular formula is C18H16N4O3S. The molecule has 0 aliphatic rings. The van der Waals surface area contributed by atoms with E-state index < -0.39 is 5.91 Å². The van der Waals surface area contributed by atoms with Gasteiger partial charge in [-0.15, -0.1) is 17.9 Å². The zero-order chi connectivity index (χ0) is 18.5. The molecule has 0 spiro atoms. The minimum atomic E-state index is -0.424. The molecule has 0 bridgehead atoms. The molecule has 2 amide bonds. The van der Waals surface area contributed by atoms with E-state index >= 15 is 0 Å². The van der Waals surface area contributed by atoms with Crippen LogP contribution in [0.5, 0.6) is 0 Å². The molecule has 2 N–H and O–H groups in total. The van der Waals surface area contributed by atoms with Crippen LogP contribution in [0.2, 0.25) is 0 Å². The van der Waals surface area contributed by atoms with Gasteiger partial charge < -0.3 is 10.6 Å². The molecule has 26 heavy (non-hydrogen) atoms. The van der Waals surface area contributed by atoms with Crippen molar-refractivity contribution in [1.29, 1.82) is 0 Å². The van der Waals surface area contributed by atoms with E-state index in [1.54, 1.807) is 41.8 Å². The summed E-state index contributed by atoms with van der Waals surface area (Å²) in [6.45, 7) is 3.68. The number of para-hydroxylation sites is 1. The van der Waals surface area contributed by atoms with Gasteiger partial charge >= 0.3 is 0 Å². The fourth-order valence-corrected chi connectivity index (χ4v) is 3.12. The summed E-state index contributed by atoms with van der Waals surface area (Å²) in [5.41, 5.74) is 0.432. The average Bonchev–Trinajstić information content (AvgIpc) is 3.12. The van der Waals surface area contributed by atoms with E-state index in [0.717, 1.165) is 0 Å². The Hall–Kier alpha value is -3.26. The minimum Gasteiger partial charge on any atom is -0.349 e. The maximum absolute atomic E-state index is 12.4. The zero-order valence-corrected chi connectivity index (χ0v) is 14.6. The molecule has 0 fully saturated rings. The monoisotopic (exact) mass is 368 g/mol. The highest BCUT2D eigenvalue weighted by molar-refractivity contribution is 7.16. The van der Waals surface area contributed by atoms with E-state index in [4.69, 9.17) is 0 Å². The molecule has 2 heterocycles. The summed E-state index contributed by atoms with van der Waals surface area (Å²) in [5, 5.41) is 7.60. The summed E-state index contributed by atoms with van der Waals surface area (Å²) < 4.78 is 1.24. The molecule has 3 aromatic rings. The summed E-state index contributed by atoms with van der Waals surface area (Å²) in [6.07, 6.45) is 2.92. The summed E-state index contributed by atoms with van der Waals surface area (Å²) >= 11 is 1.37. The van der Waals surface area contributed by atoms with Gasteiger partial charge in [0.1, 0.15) is 11.4 Å². The number of anilines is 1. The van der Waals surface area contributed by atoms with E-state index in [2.05, 4.69) is 22.2 Å². The van der Waals surface area contributed by atoms with E-state index in [-0.39, 0.29) is 18.0 Å². The van der Waals surface area contributed by atoms with Crippen molar-refractivity contribution in [3.63, 3.8) is 0 Å². The van der Waals surface area contributed by atoms with Gasteiger partial charge in [-0.25, -0.2) is 4.98 Å². The summed E-state index contributed by atoms with van der Waals surface area (Å²) in [7, 11) is 0. The first-order chi connectivity index (χ1) is 12.6. The number of hydrogen-bond acceptors (Lipinski definition) is 5. The van der Waals surface area contributed by atoms with E-state index in [9.17, 15) is 14.4 Å². The number of nitrogens with one attached hydrogen (secondary N) is 2. The molecule has 0 aliphatic carbocycles. The summed E-state index contributed by atoms with van der Waals surface area (Å²) in [6, 6.07) is 8.34. The lowest BCUT2D eigenvalue weighted by Gasteiger charge is -2.11. The zero-order valence-electron chi connectivity index (χ0n) is 13.8. The van der Waals surface area contributed by atoms with Crippen molar-refractivity contribution >= 4 is 39.1 Å². The number of thiophene rings is 1. The van der Waals surface area contributed by atoms with E-state index in [0.29, 0.717) is 28.0 Å². The van der Waals surface area contributed by atoms with Gasteiger partial charge in [-0.1, -0.05) is 18.2 Å². The van der Waals surface area contributed by atoms with Crippen LogP contribution < -0.4 is 16.2 Å². The molecule has 132 valence electrons. The SMILES string of the molecule is C=CCNC(=O)c1ccccc1NC(=O)Cn1cnc2sccc2c1=O. The quantitative estimate of drug-likeness (QED) is 0.651. The van der Waals surface area contributed by atoms with Gasteiger partial charge in [0.2, 0.25) is 5.91 Å². The molecule has 0 unspecified atom stereocenters. The predicted molar refractivity (Wildman–Crippen MR) is 101 cm³/mol. The molecule has 7 nitrogen and oxygen atoms in total. The van der Waals surface area contributed by atoms with Crippen LogP contribution in [-0.2, 0) is 11.3 Å². The van der Waals surface area contributed by atoms with Gasteiger partial charge in [0.05, 0.1) is 23.0 Å². The molecule has 0 radical (unpaired) electrons. The Labute approximate surface area is 153 Å². The summed E-state index contributed by atoms with van der Waals surface area (Å²) in [5.74, 6) is -0.744. The van der Waals surface area contributed by atoms with Gasteiger partial charge in [-0.3, -0.25) is 19.0 Å². The first-order valence-corrected chi connectivity index (χ1v) is 8.68. The number of amides is 2. The highest BCUT2D eigenvalue weighted by Crippen LogP contribution is 2.16. The van der Waals surface area contributed by atoms with Gasteiger partial charge in [-0.2, -0.15) is 0 Å². The maximum atomic E-state index is 12.4. The Morgan fingerprint density at radius 3 is 2.88 bits per heavy atom. The van der Waals surface area contributed by atoms with Crippen LogP contribution in [0.25, 0.3) is 10.2 Å². The second kappa shape index (κ2) is 7.75. The predicted octanol–water partition coefficient (Wildman–Crippen LogP) is 2.01. The lowest BCUT2D eigenvalue weighted by Crippen LogP contribution is -2.29. The van der Waals surface area contributed by atoms with Crippen molar-refractivity contribution in [2.75, 3.05) is 11.9 Å². The van der Waals surface area contributed by atoms with Crippen molar-refractivity contribution in [2.45, 2.75) is 6.54 Å². The minimum absolute atomic E-state index is 0.194. The van der Waals surface area contributed by atoms with Gasteiger partial charge in [0.15, 0.2) is 0 Å². The molecule has 2 aromatic heterocycles. The number of nitrogens with zero attached hydrogens (tertiary/aromatic N) is 2. The Kier molecular flexibility index (Phi) is 5.23. The molecule has 8 heteroatoms.